The summed E-state index contributed by atoms with van der Waals surface area (Å²) in [6.07, 6.45) is 2.65. The molecule has 0 amide bonds. The van der Waals surface area contributed by atoms with Crippen LogP contribution in [0.1, 0.15) is 28.7 Å². The highest BCUT2D eigenvalue weighted by atomic mass is 19.1. The molecule has 1 fully saturated rings. The van der Waals surface area contributed by atoms with Crippen molar-refractivity contribution in [1.82, 2.24) is 24.5 Å². The van der Waals surface area contributed by atoms with E-state index in [-0.39, 0.29) is 17.7 Å². The Morgan fingerprint density at radius 1 is 1.23 bits per heavy atom. The molecule has 0 radical (unpaired) electrons. The molecule has 1 unspecified atom stereocenters. The van der Waals surface area contributed by atoms with E-state index in [9.17, 15) is 4.39 Å². The zero-order chi connectivity index (χ0) is 21.1. The van der Waals surface area contributed by atoms with Crippen LogP contribution < -0.4 is 4.74 Å². The number of hydrogen-bond donors (Lipinski definition) is 0. The van der Waals surface area contributed by atoms with Crippen LogP contribution in [0.5, 0.6) is 5.75 Å². The molecule has 1 aliphatic rings. The lowest BCUT2D eigenvalue weighted by molar-refractivity contribution is -0.0352. The molecule has 0 aliphatic carbocycles. The van der Waals surface area contributed by atoms with Crippen molar-refractivity contribution in [2.75, 3.05) is 26.3 Å². The largest absolute Gasteiger partial charge is 0.490 e. The Bertz CT molecular complexity index is 999. The number of morpholine rings is 1. The fraction of sp³-hybridized carbons (Fsp3) is 0.455. The minimum atomic E-state index is -0.345. The number of halogens is 1. The summed E-state index contributed by atoms with van der Waals surface area (Å²) in [6.45, 7) is 5.64. The molecular weight excluding hydrogens is 385 g/mol. The molecule has 1 aromatic carbocycles. The lowest BCUT2D eigenvalue weighted by atomic mass is 10.1. The predicted octanol–water partition coefficient (Wildman–Crippen LogP) is 2.80. The fourth-order valence-electron chi connectivity index (χ4n) is 3.82. The maximum Gasteiger partial charge on any atom is 0.165 e. The van der Waals surface area contributed by atoms with E-state index in [0.717, 1.165) is 36.7 Å². The molecule has 8 heteroatoms. The monoisotopic (exact) mass is 413 g/mol. The summed E-state index contributed by atoms with van der Waals surface area (Å²) in [5.74, 6) is -0.0698. The molecule has 1 saturated heterocycles. The van der Waals surface area contributed by atoms with Crippen LogP contribution in [0.3, 0.4) is 0 Å². The van der Waals surface area contributed by atoms with Gasteiger partial charge in [0.25, 0.3) is 0 Å². The number of aromatic nitrogens is 4. The summed E-state index contributed by atoms with van der Waals surface area (Å²) in [5, 5.41) is 9.09. The zero-order valence-corrected chi connectivity index (χ0v) is 17.7. The predicted molar refractivity (Wildman–Crippen MR) is 111 cm³/mol. The average Bonchev–Trinajstić information content (AvgIpc) is 3.25. The van der Waals surface area contributed by atoms with Crippen LogP contribution in [0.25, 0.3) is 0 Å². The van der Waals surface area contributed by atoms with Crippen LogP contribution in [-0.4, -0.2) is 50.8 Å². The summed E-state index contributed by atoms with van der Waals surface area (Å²) in [7, 11) is 3.87. The first-order valence-electron chi connectivity index (χ1n) is 10.2. The van der Waals surface area contributed by atoms with Gasteiger partial charge in [0.15, 0.2) is 11.6 Å². The second kappa shape index (κ2) is 8.97. The van der Waals surface area contributed by atoms with Gasteiger partial charge in [0.2, 0.25) is 0 Å². The molecule has 0 saturated carbocycles. The maximum absolute atomic E-state index is 13.7. The molecule has 1 atom stereocenters. The van der Waals surface area contributed by atoms with E-state index in [2.05, 4.69) is 27.4 Å². The lowest BCUT2D eigenvalue weighted by Crippen LogP contribution is -2.38. The topological polar surface area (TPSA) is 57.3 Å². The Labute approximate surface area is 176 Å². The van der Waals surface area contributed by atoms with Gasteiger partial charge in [-0.15, -0.1) is 0 Å². The molecule has 160 valence electrons. The minimum absolute atomic E-state index is 0.0665. The van der Waals surface area contributed by atoms with Crippen LogP contribution in [-0.2, 0) is 31.8 Å². The van der Waals surface area contributed by atoms with Gasteiger partial charge < -0.3 is 9.47 Å². The van der Waals surface area contributed by atoms with E-state index in [1.165, 1.54) is 11.6 Å². The molecule has 7 nitrogen and oxygen atoms in total. The smallest absolute Gasteiger partial charge is 0.165 e. The number of para-hydroxylation sites is 1. The highest BCUT2D eigenvalue weighted by molar-refractivity contribution is 5.24. The van der Waals surface area contributed by atoms with Gasteiger partial charge in [0, 0.05) is 57.6 Å². The van der Waals surface area contributed by atoms with E-state index >= 15 is 0 Å². The zero-order valence-electron chi connectivity index (χ0n) is 17.7. The van der Waals surface area contributed by atoms with Gasteiger partial charge in [-0.1, -0.05) is 12.1 Å². The van der Waals surface area contributed by atoms with E-state index in [1.807, 2.05) is 30.4 Å². The summed E-state index contributed by atoms with van der Waals surface area (Å²) >= 11 is 0. The lowest BCUT2D eigenvalue weighted by Gasteiger charge is -2.31. The van der Waals surface area contributed by atoms with Crippen molar-refractivity contribution in [2.24, 2.45) is 14.1 Å². The van der Waals surface area contributed by atoms with E-state index < -0.39 is 0 Å². The first-order valence-corrected chi connectivity index (χ1v) is 10.2. The molecule has 0 spiro atoms. The number of hydrogen-bond acceptors (Lipinski definition) is 5. The van der Waals surface area contributed by atoms with Gasteiger partial charge in [-0.2, -0.15) is 10.2 Å². The Hall–Kier alpha value is -2.71. The molecule has 3 heterocycles. The maximum atomic E-state index is 13.7. The number of aryl methyl sites for hydroxylation is 3. The second-order valence-electron chi connectivity index (χ2n) is 7.72. The van der Waals surface area contributed by atoms with Crippen LogP contribution in [0.15, 0.2) is 36.5 Å². The summed E-state index contributed by atoms with van der Waals surface area (Å²) in [6, 6.07) is 8.52. The van der Waals surface area contributed by atoms with Gasteiger partial charge in [-0.3, -0.25) is 14.3 Å². The molecule has 1 aliphatic heterocycles. The fourth-order valence-corrected chi connectivity index (χ4v) is 3.82. The Morgan fingerprint density at radius 3 is 2.83 bits per heavy atom. The Morgan fingerprint density at radius 2 is 2.07 bits per heavy atom. The van der Waals surface area contributed by atoms with Gasteiger partial charge in [0.1, 0.15) is 6.10 Å². The van der Waals surface area contributed by atoms with Crippen molar-refractivity contribution in [3.63, 3.8) is 0 Å². The van der Waals surface area contributed by atoms with E-state index in [0.29, 0.717) is 19.6 Å². The molecule has 0 bridgehead atoms. The van der Waals surface area contributed by atoms with Crippen LogP contribution >= 0.6 is 0 Å². The number of rotatable bonds is 7. The highest BCUT2D eigenvalue weighted by Gasteiger charge is 2.25. The molecule has 0 N–H and O–H groups in total. The van der Waals surface area contributed by atoms with Crippen LogP contribution in [0.2, 0.25) is 0 Å². The molecule has 30 heavy (non-hydrogen) atoms. The molecular formula is C22H28FN5O2. The third-order valence-corrected chi connectivity index (χ3v) is 5.44. The van der Waals surface area contributed by atoms with Crippen LogP contribution in [0.4, 0.5) is 4.39 Å². The summed E-state index contributed by atoms with van der Waals surface area (Å²) < 4.78 is 29.0. The molecule has 2 aromatic heterocycles. The first kappa shape index (κ1) is 20.6. The van der Waals surface area contributed by atoms with Crippen molar-refractivity contribution in [3.8, 4) is 5.75 Å². The quantitative estimate of drug-likeness (QED) is 0.596. The second-order valence-corrected chi connectivity index (χ2v) is 7.72. The summed E-state index contributed by atoms with van der Waals surface area (Å²) in [5.41, 5.74) is 4.26. The van der Waals surface area contributed by atoms with E-state index in [1.54, 1.807) is 18.2 Å². The number of ether oxygens (including phenoxy) is 2. The Kier molecular flexibility index (Phi) is 6.15. The summed E-state index contributed by atoms with van der Waals surface area (Å²) in [4.78, 5) is 2.38. The number of nitrogens with zero attached hydrogens (tertiary/aromatic N) is 5. The van der Waals surface area contributed by atoms with Crippen molar-refractivity contribution in [2.45, 2.75) is 26.0 Å². The van der Waals surface area contributed by atoms with Crippen molar-refractivity contribution in [1.29, 1.82) is 0 Å². The van der Waals surface area contributed by atoms with Crippen molar-refractivity contribution in [3.05, 3.63) is 65.0 Å². The molecule has 3 aromatic rings. The third-order valence-electron chi connectivity index (χ3n) is 5.44. The SMILES string of the molecule is Cc1nn(C)cc1CN1CCOC(c2cc(CCOc3ccccc3F)n(C)n2)C1. The van der Waals surface area contributed by atoms with Gasteiger partial charge >= 0.3 is 0 Å². The van der Waals surface area contributed by atoms with Crippen molar-refractivity contribution < 1.29 is 13.9 Å². The first-order chi connectivity index (χ1) is 14.5. The standard InChI is InChI=1S/C22H28FN5O2/c1-16-17(13-26(2)24-16)14-28-9-11-30-22(15-28)20-12-18(27(3)25-20)8-10-29-21-7-5-4-6-19(21)23/h4-7,12-13,22H,8-11,14-15H2,1-3H3. The highest BCUT2D eigenvalue weighted by Crippen LogP contribution is 2.24. The third kappa shape index (κ3) is 4.71. The van der Waals surface area contributed by atoms with Gasteiger partial charge in [0.05, 0.1) is 24.6 Å². The minimum Gasteiger partial charge on any atom is -0.490 e. The van der Waals surface area contributed by atoms with Crippen LogP contribution in [0, 0.1) is 12.7 Å². The van der Waals surface area contributed by atoms with Gasteiger partial charge in [-0.05, 0) is 25.1 Å². The van der Waals surface area contributed by atoms with E-state index in [4.69, 9.17) is 9.47 Å². The number of benzene rings is 1. The molecule has 4 rings (SSSR count). The van der Waals surface area contributed by atoms with Gasteiger partial charge in [-0.25, -0.2) is 4.39 Å². The van der Waals surface area contributed by atoms with Crippen molar-refractivity contribution >= 4 is 0 Å². The average molecular weight is 413 g/mol. The Balaban J connectivity index is 1.36. The normalized spacial score (nSPS) is 17.4.